The van der Waals surface area contributed by atoms with Crippen molar-refractivity contribution < 1.29 is 9.90 Å². The van der Waals surface area contributed by atoms with E-state index in [2.05, 4.69) is 14.9 Å². The summed E-state index contributed by atoms with van der Waals surface area (Å²) in [6, 6.07) is 14.1. The van der Waals surface area contributed by atoms with Crippen LogP contribution in [0.3, 0.4) is 0 Å². The van der Waals surface area contributed by atoms with Crippen LogP contribution in [-0.4, -0.2) is 21.6 Å². The fraction of sp³-hybridized carbons (Fsp3) is 0. The number of nitrogens with zero attached hydrogens (tertiary/aromatic N) is 2. The average molecular weight is 297 g/mol. The number of amides is 1. The van der Waals surface area contributed by atoms with Gasteiger partial charge in [-0.1, -0.05) is 30.3 Å². The van der Waals surface area contributed by atoms with Gasteiger partial charge < -0.3 is 5.11 Å². The average Bonchev–Trinajstić information content (AvgIpc) is 2.91. The van der Waals surface area contributed by atoms with Crippen molar-refractivity contribution in [3.8, 4) is 5.75 Å². The van der Waals surface area contributed by atoms with E-state index in [0.717, 1.165) is 10.1 Å². The summed E-state index contributed by atoms with van der Waals surface area (Å²) >= 11 is 1.28. The Labute approximate surface area is 124 Å². The van der Waals surface area contributed by atoms with Crippen LogP contribution >= 0.6 is 11.5 Å². The van der Waals surface area contributed by atoms with Crippen molar-refractivity contribution >= 4 is 33.7 Å². The molecule has 3 rings (SSSR count). The Morgan fingerprint density at radius 1 is 1.24 bits per heavy atom. The van der Waals surface area contributed by atoms with Crippen LogP contribution in [-0.2, 0) is 0 Å². The molecule has 0 atom stereocenters. The minimum Gasteiger partial charge on any atom is -0.508 e. The van der Waals surface area contributed by atoms with E-state index in [0.29, 0.717) is 11.3 Å². The lowest BCUT2D eigenvalue weighted by Gasteiger charge is -1.97. The summed E-state index contributed by atoms with van der Waals surface area (Å²) in [7, 11) is 0. The van der Waals surface area contributed by atoms with E-state index in [9.17, 15) is 9.90 Å². The maximum Gasteiger partial charge on any atom is 0.291 e. The number of aromatic nitrogens is 1. The van der Waals surface area contributed by atoms with E-state index in [-0.39, 0.29) is 11.7 Å². The van der Waals surface area contributed by atoms with Crippen molar-refractivity contribution in [3.63, 3.8) is 0 Å². The molecule has 2 aromatic carbocycles. The van der Waals surface area contributed by atoms with Gasteiger partial charge in [0.2, 0.25) is 0 Å². The zero-order valence-corrected chi connectivity index (χ0v) is 11.7. The molecule has 0 bridgehead atoms. The molecule has 3 aromatic rings. The first-order valence-electron chi connectivity index (χ1n) is 6.21. The zero-order chi connectivity index (χ0) is 14.7. The third-order valence-corrected chi connectivity index (χ3v) is 3.67. The fourth-order valence-electron chi connectivity index (χ4n) is 1.87. The Kier molecular flexibility index (Phi) is 3.61. The molecule has 104 valence electrons. The van der Waals surface area contributed by atoms with Crippen molar-refractivity contribution in [2.75, 3.05) is 0 Å². The summed E-state index contributed by atoms with van der Waals surface area (Å²) in [5, 5.41) is 14.0. The summed E-state index contributed by atoms with van der Waals surface area (Å²) in [5.41, 5.74) is 3.50. The molecular weight excluding hydrogens is 286 g/mol. The molecule has 0 saturated heterocycles. The monoisotopic (exact) mass is 297 g/mol. The van der Waals surface area contributed by atoms with E-state index in [1.54, 1.807) is 24.3 Å². The van der Waals surface area contributed by atoms with Crippen LogP contribution in [0.2, 0.25) is 0 Å². The number of phenolic OH excluding ortho intramolecular Hbond substituents is 1. The zero-order valence-electron chi connectivity index (χ0n) is 10.9. The highest BCUT2D eigenvalue weighted by Crippen LogP contribution is 2.21. The number of phenols is 1. The predicted molar refractivity (Wildman–Crippen MR) is 82.8 cm³/mol. The molecule has 0 aliphatic carbocycles. The molecule has 0 aliphatic rings. The van der Waals surface area contributed by atoms with Gasteiger partial charge in [-0.05, 0) is 35.3 Å². The quantitative estimate of drug-likeness (QED) is 0.576. The van der Waals surface area contributed by atoms with Gasteiger partial charge >= 0.3 is 0 Å². The van der Waals surface area contributed by atoms with Gasteiger partial charge in [-0.2, -0.15) is 9.47 Å². The fourth-order valence-corrected chi connectivity index (χ4v) is 2.65. The van der Waals surface area contributed by atoms with Crippen molar-refractivity contribution in [1.29, 1.82) is 0 Å². The second-order valence-electron chi connectivity index (χ2n) is 4.32. The molecule has 0 radical (unpaired) electrons. The maximum absolute atomic E-state index is 12.0. The van der Waals surface area contributed by atoms with Crippen LogP contribution in [0.4, 0.5) is 0 Å². The summed E-state index contributed by atoms with van der Waals surface area (Å²) < 4.78 is 5.11. The number of hydrogen-bond donors (Lipinski definition) is 2. The van der Waals surface area contributed by atoms with Crippen molar-refractivity contribution in [3.05, 3.63) is 59.8 Å². The molecule has 0 unspecified atom stereocenters. The number of carbonyl (C=O) groups is 1. The Bertz CT molecular complexity index is 826. The Hall–Kier alpha value is -2.73. The minimum atomic E-state index is -0.358. The number of benzene rings is 2. The molecule has 5 nitrogen and oxygen atoms in total. The van der Waals surface area contributed by atoms with E-state index < -0.39 is 0 Å². The van der Waals surface area contributed by atoms with Gasteiger partial charge in [0, 0.05) is 5.39 Å². The first-order chi connectivity index (χ1) is 10.2. The number of aromatic hydroxyl groups is 1. The topological polar surface area (TPSA) is 74.6 Å². The molecule has 1 amide bonds. The molecule has 0 saturated carbocycles. The SMILES string of the molecule is O=C(N/N=C/c1cccc(O)c1)c1nsc2ccccc12. The van der Waals surface area contributed by atoms with E-state index >= 15 is 0 Å². The number of carbonyl (C=O) groups excluding carboxylic acids is 1. The van der Waals surface area contributed by atoms with Gasteiger partial charge in [0.1, 0.15) is 5.75 Å². The normalized spacial score (nSPS) is 11.0. The number of hydrazone groups is 1. The van der Waals surface area contributed by atoms with Crippen LogP contribution in [0.15, 0.2) is 53.6 Å². The summed E-state index contributed by atoms with van der Waals surface area (Å²) in [5.74, 6) is -0.209. The summed E-state index contributed by atoms with van der Waals surface area (Å²) in [4.78, 5) is 12.0. The van der Waals surface area contributed by atoms with Crippen molar-refractivity contribution in [2.45, 2.75) is 0 Å². The number of hydrogen-bond acceptors (Lipinski definition) is 5. The van der Waals surface area contributed by atoms with Gasteiger partial charge in [0.25, 0.3) is 5.91 Å². The van der Waals surface area contributed by atoms with Gasteiger partial charge in [0.05, 0.1) is 10.9 Å². The third kappa shape index (κ3) is 2.90. The van der Waals surface area contributed by atoms with Crippen LogP contribution < -0.4 is 5.43 Å². The maximum atomic E-state index is 12.0. The molecule has 6 heteroatoms. The first-order valence-corrected chi connectivity index (χ1v) is 6.98. The molecule has 1 heterocycles. The van der Waals surface area contributed by atoms with Crippen molar-refractivity contribution in [1.82, 2.24) is 9.80 Å². The smallest absolute Gasteiger partial charge is 0.291 e. The van der Waals surface area contributed by atoms with E-state index in [1.807, 2.05) is 24.3 Å². The summed E-state index contributed by atoms with van der Waals surface area (Å²) in [6.45, 7) is 0. The van der Waals surface area contributed by atoms with Gasteiger partial charge in [-0.3, -0.25) is 4.79 Å². The molecule has 0 fully saturated rings. The van der Waals surface area contributed by atoms with Gasteiger partial charge in [-0.25, -0.2) is 5.43 Å². The highest BCUT2D eigenvalue weighted by molar-refractivity contribution is 7.13. The van der Waals surface area contributed by atoms with Crippen LogP contribution in [0.5, 0.6) is 5.75 Å². The second kappa shape index (κ2) is 5.72. The molecule has 0 aliphatic heterocycles. The number of rotatable bonds is 3. The highest BCUT2D eigenvalue weighted by Gasteiger charge is 2.12. The third-order valence-electron chi connectivity index (χ3n) is 2.84. The first kappa shape index (κ1) is 13.3. The predicted octanol–water partition coefficient (Wildman–Crippen LogP) is 2.77. The van der Waals surface area contributed by atoms with Crippen LogP contribution in [0.25, 0.3) is 10.1 Å². The second-order valence-corrected chi connectivity index (χ2v) is 5.13. The molecule has 0 spiro atoms. The van der Waals surface area contributed by atoms with E-state index in [4.69, 9.17) is 0 Å². The number of fused-ring (bicyclic) bond motifs is 1. The van der Waals surface area contributed by atoms with Gasteiger partial charge in [-0.15, -0.1) is 0 Å². The van der Waals surface area contributed by atoms with Crippen LogP contribution in [0, 0.1) is 0 Å². The molecule has 1 aromatic heterocycles. The Balaban J connectivity index is 1.75. The largest absolute Gasteiger partial charge is 0.508 e. The molecule has 2 N–H and O–H groups in total. The lowest BCUT2D eigenvalue weighted by atomic mass is 10.2. The Morgan fingerprint density at radius 2 is 2.10 bits per heavy atom. The van der Waals surface area contributed by atoms with Gasteiger partial charge in [0.15, 0.2) is 5.69 Å². The molecule has 21 heavy (non-hydrogen) atoms. The van der Waals surface area contributed by atoms with E-state index in [1.165, 1.54) is 17.7 Å². The minimum absolute atomic E-state index is 0.149. The summed E-state index contributed by atoms with van der Waals surface area (Å²) in [6.07, 6.45) is 1.46. The highest BCUT2D eigenvalue weighted by atomic mass is 32.1. The standard InChI is InChI=1S/C15H11N3O2S/c19-11-5-3-4-10(8-11)9-16-17-15(20)14-12-6-1-2-7-13(12)21-18-14/h1-9,19H,(H,17,20)/b16-9+. The molecular formula is C15H11N3O2S. The number of nitrogens with one attached hydrogen (secondary N) is 1. The lowest BCUT2D eigenvalue weighted by molar-refractivity contribution is 0.0953. The van der Waals surface area contributed by atoms with Crippen LogP contribution in [0.1, 0.15) is 16.1 Å². The lowest BCUT2D eigenvalue weighted by Crippen LogP contribution is -2.18. The van der Waals surface area contributed by atoms with Crippen molar-refractivity contribution in [2.24, 2.45) is 5.10 Å². The Morgan fingerprint density at radius 3 is 2.95 bits per heavy atom.